The Morgan fingerprint density at radius 3 is 2.42 bits per heavy atom. The molecular formula is C16H25NOS. The highest BCUT2D eigenvalue weighted by Gasteiger charge is 2.19. The summed E-state index contributed by atoms with van der Waals surface area (Å²) in [6.07, 6.45) is 7.60. The zero-order valence-corrected chi connectivity index (χ0v) is 12.8. The molecule has 19 heavy (non-hydrogen) atoms. The molecule has 1 fully saturated rings. The number of hydrogen-bond acceptors (Lipinski definition) is 3. The van der Waals surface area contributed by atoms with Gasteiger partial charge in [0.25, 0.3) is 0 Å². The molecule has 2 rings (SSSR count). The van der Waals surface area contributed by atoms with Crippen molar-refractivity contribution in [1.29, 1.82) is 0 Å². The van der Waals surface area contributed by atoms with E-state index in [-0.39, 0.29) is 0 Å². The number of hydrogen-bond donors (Lipinski definition) is 1. The van der Waals surface area contributed by atoms with Gasteiger partial charge in [0.05, 0.1) is 6.61 Å². The molecule has 0 amide bonds. The maximum atomic E-state index is 5.46. The highest BCUT2D eigenvalue weighted by atomic mass is 32.2. The van der Waals surface area contributed by atoms with Gasteiger partial charge in [-0.25, -0.2) is 0 Å². The predicted molar refractivity (Wildman–Crippen MR) is 84.0 cm³/mol. The molecule has 1 aliphatic carbocycles. The van der Waals surface area contributed by atoms with Crippen LogP contribution in [-0.4, -0.2) is 24.2 Å². The minimum absolute atomic E-state index is 0.704. The molecule has 0 atom stereocenters. The summed E-state index contributed by atoms with van der Waals surface area (Å²) in [4.78, 5) is 0. The molecule has 3 heteroatoms. The van der Waals surface area contributed by atoms with Gasteiger partial charge in [-0.05, 0) is 56.6 Å². The maximum Gasteiger partial charge on any atom is 0.119 e. The molecule has 1 aromatic carbocycles. The normalized spacial score (nSPS) is 23.3. The van der Waals surface area contributed by atoms with E-state index >= 15 is 0 Å². The molecule has 0 radical (unpaired) electrons. The van der Waals surface area contributed by atoms with E-state index in [1.807, 2.05) is 18.7 Å². The van der Waals surface area contributed by atoms with Gasteiger partial charge in [0.15, 0.2) is 0 Å². The van der Waals surface area contributed by atoms with Crippen molar-refractivity contribution in [2.24, 2.45) is 0 Å². The Morgan fingerprint density at radius 1 is 1.16 bits per heavy atom. The first kappa shape index (κ1) is 14.7. The third-order valence-electron chi connectivity index (χ3n) is 3.84. The van der Waals surface area contributed by atoms with Crippen molar-refractivity contribution in [1.82, 2.24) is 5.32 Å². The second-order valence-corrected chi connectivity index (χ2v) is 6.31. The molecular weight excluding hydrogens is 254 g/mol. The van der Waals surface area contributed by atoms with Crippen LogP contribution in [0.15, 0.2) is 24.3 Å². The van der Waals surface area contributed by atoms with Gasteiger partial charge in [0, 0.05) is 17.8 Å². The van der Waals surface area contributed by atoms with Gasteiger partial charge in [0.2, 0.25) is 0 Å². The van der Waals surface area contributed by atoms with Crippen molar-refractivity contribution in [2.75, 3.05) is 12.9 Å². The van der Waals surface area contributed by atoms with Gasteiger partial charge >= 0.3 is 0 Å². The largest absolute Gasteiger partial charge is 0.494 e. The molecule has 1 N–H and O–H groups in total. The molecule has 0 aliphatic heterocycles. The standard InChI is InChI=1S/C16H25NOS/c1-3-18-15-8-4-13(5-9-15)12-17-14-6-10-16(19-2)11-7-14/h4-5,8-9,14,16-17H,3,6-7,10-12H2,1-2H3. The molecule has 0 heterocycles. The van der Waals surface area contributed by atoms with E-state index in [0.29, 0.717) is 6.04 Å². The van der Waals surface area contributed by atoms with Crippen LogP contribution in [0.1, 0.15) is 38.2 Å². The number of benzene rings is 1. The van der Waals surface area contributed by atoms with Crippen LogP contribution in [0.4, 0.5) is 0 Å². The van der Waals surface area contributed by atoms with Crippen molar-refractivity contribution >= 4 is 11.8 Å². The van der Waals surface area contributed by atoms with Gasteiger partial charge in [-0.3, -0.25) is 0 Å². The molecule has 1 aliphatic rings. The average Bonchev–Trinajstić information content (AvgIpc) is 2.47. The molecule has 0 saturated heterocycles. The quantitative estimate of drug-likeness (QED) is 0.854. The fraction of sp³-hybridized carbons (Fsp3) is 0.625. The van der Waals surface area contributed by atoms with Crippen LogP contribution in [0.25, 0.3) is 0 Å². The topological polar surface area (TPSA) is 21.3 Å². The highest BCUT2D eigenvalue weighted by Crippen LogP contribution is 2.27. The summed E-state index contributed by atoms with van der Waals surface area (Å²) in [6, 6.07) is 9.14. The fourth-order valence-electron chi connectivity index (χ4n) is 2.64. The average molecular weight is 279 g/mol. The van der Waals surface area contributed by atoms with Crippen molar-refractivity contribution in [3.8, 4) is 5.75 Å². The van der Waals surface area contributed by atoms with Gasteiger partial charge in [-0.15, -0.1) is 0 Å². The summed E-state index contributed by atoms with van der Waals surface area (Å²) in [7, 11) is 0. The van der Waals surface area contributed by atoms with Crippen LogP contribution < -0.4 is 10.1 Å². The third kappa shape index (κ3) is 4.73. The van der Waals surface area contributed by atoms with E-state index in [1.54, 1.807) is 0 Å². The summed E-state index contributed by atoms with van der Waals surface area (Å²) in [5.41, 5.74) is 1.34. The van der Waals surface area contributed by atoms with Gasteiger partial charge < -0.3 is 10.1 Å². The Bertz CT molecular complexity index is 358. The molecule has 2 nitrogen and oxygen atoms in total. The number of thioether (sulfide) groups is 1. The van der Waals surface area contributed by atoms with E-state index in [9.17, 15) is 0 Å². The Labute approximate surface area is 121 Å². The molecule has 1 aromatic rings. The summed E-state index contributed by atoms with van der Waals surface area (Å²) in [5, 5.41) is 4.58. The SMILES string of the molecule is CCOc1ccc(CNC2CCC(SC)CC2)cc1. The second kappa shape index (κ2) is 7.81. The lowest BCUT2D eigenvalue weighted by atomic mass is 9.95. The number of ether oxygens (including phenoxy) is 1. The van der Waals surface area contributed by atoms with E-state index in [1.165, 1.54) is 31.2 Å². The van der Waals surface area contributed by atoms with Crippen LogP contribution in [-0.2, 0) is 6.54 Å². The summed E-state index contributed by atoms with van der Waals surface area (Å²) < 4.78 is 5.46. The maximum absolute atomic E-state index is 5.46. The molecule has 106 valence electrons. The molecule has 0 spiro atoms. The van der Waals surface area contributed by atoms with Crippen molar-refractivity contribution in [3.05, 3.63) is 29.8 Å². The van der Waals surface area contributed by atoms with Crippen molar-refractivity contribution in [3.63, 3.8) is 0 Å². The Morgan fingerprint density at radius 2 is 1.84 bits per heavy atom. The van der Waals surface area contributed by atoms with E-state index in [2.05, 4.69) is 35.8 Å². The summed E-state index contributed by atoms with van der Waals surface area (Å²) in [6.45, 7) is 3.72. The molecule has 0 unspecified atom stereocenters. The van der Waals surface area contributed by atoms with Crippen molar-refractivity contribution < 1.29 is 4.74 Å². The summed E-state index contributed by atoms with van der Waals surface area (Å²) >= 11 is 2.03. The van der Waals surface area contributed by atoms with Crippen LogP contribution in [0, 0.1) is 0 Å². The monoisotopic (exact) mass is 279 g/mol. The third-order valence-corrected chi connectivity index (χ3v) is 4.97. The van der Waals surface area contributed by atoms with Gasteiger partial charge in [0.1, 0.15) is 5.75 Å². The lowest BCUT2D eigenvalue weighted by Crippen LogP contribution is -2.33. The zero-order valence-electron chi connectivity index (χ0n) is 12.0. The molecule has 1 saturated carbocycles. The Kier molecular flexibility index (Phi) is 6.05. The molecule has 0 bridgehead atoms. The van der Waals surface area contributed by atoms with Crippen LogP contribution >= 0.6 is 11.8 Å². The highest BCUT2D eigenvalue weighted by molar-refractivity contribution is 7.99. The first-order chi connectivity index (χ1) is 9.31. The van der Waals surface area contributed by atoms with Gasteiger partial charge in [-0.2, -0.15) is 11.8 Å². The van der Waals surface area contributed by atoms with E-state index in [4.69, 9.17) is 4.74 Å². The summed E-state index contributed by atoms with van der Waals surface area (Å²) in [5.74, 6) is 0.965. The lowest BCUT2D eigenvalue weighted by molar-refractivity contribution is 0.340. The first-order valence-electron chi connectivity index (χ1n) is 7.29. The van der Waals surface area contributed by atoms with E-state index in [0.717, 1.165) is 24.2 Å². The number of rotatable bonds is 6. The minimum Gasteiger partial charge on any atom is -0.494 e. The smallest absolute Gasteiger partial charge is 0.119 e. The fourth-order valence-corrected chi connectivity index (χ4v) is 3.38. The second-order valence-electron chi connectivity index (χ2n) is 5.17. The minimum atomic E-state index is 0.704. The van der Waals surface area contributed by atoms with Crippen LogP contribution in [0.5, 0.6) is 5.75 Å². The van der Waals surface area contributed by atoms with Gasteiger partial charge in [-0.1, -0.05) is 12.1 Å². The van der Waals surface area contributed by atoms with Crippen LogP contribution in [0.3, 0.4) is 0 Å². The van der Waals surface area contributed by atoms with E-state index < -0.39 is 0 Å². The Balaban J connectivity index is 1.73. The zero-order chi connectivity index (χ0) is 13.5. The van der Waals surface area contributed by atoms with Crippen molar-refractivity contribution in [2.45, 2.75) is 50.4 Å². The Hall–Kier alpha value is -0.670. The molecule has 0 aromatic heterocycles. The predicted octanol–water partition coefficient (Wildman–Crippen LogP) is 3.85. The van der Waals surface area contributed by atoms with Crippen LogP contribution in [0.2, 0.25) is 0 Å². The lowest BCUT2D eigenvalue weighted by Gasteiger charge is -2.28. The number of nitrogens with one attached hydrogen (secondary N) is 1. The first-order valence-corrected chi connectivity index (χ1v) is 8.58.